The first-order chi connectivity index (χ1) is 7.67. The number of imidazole rings is 1. The van der Waals surface area contributed by atoms with Gasteiger partial charge in [-0.05, 0) is 12.1 Å². The first-order valence-electron chi connectivity index (χ1n) is 4.48. The highest BCUT2D eigenvalue weighted by molar-refractivity contribution is 6.36. The van der Waals surface area contributed by atoms with E-state index in [9.17, 15) is 4.79 Å². The molecule has 0 amide bonds. The molecule has 1 N–H and O–H groups in total. The fourth-order valence-corrected chi connectivity index (χ4v) is 1.66. The lowest BCUT2D eigenvalue weighted by Crippen LogP contribution is -2.02. The third-order valence-corrected chi connectivity index (χ3v) is 2.52. The summed E-state index contributed by atoms with van der Waals surface area (Å²) in [7, 11) is 2.80. The Kier molecular flexibility index (Phi) is 2.70. The van der Waals surface area contributed by atoms with Crippen LogP contribution in [0.15, 0.2) is 12.1 Å². The fourth-order valence-electron chi connectivity index (χ4n) is 1.37. The monoisotopic (exact) mass is 240 g/mol. The van der Waals surface area contributed by atoms with Crippen LogP contribution in [-0.2, 0) is 4.74 Å². The van der Waals surface area contributed by atoms with Gasteiger partial charge in [0, 0.05) is 0 Å². The molecule has 0 unspecified atom stereocenters. The standard InChI is InChI=1S/C10H9ClN2O3/c1-15-6-4-3-5-8(7(6)11)13-9(12-5)10(14)16-2/h3-4H,1-2H3,(H,12,13). The molecule has 2 rings (SSSR count). The van der Waals surface area contributed by atoms with E-state index in [0.717, 1.165) is 0 Å². The third-order valence-electron chi connectivity index (χ3n) is 2.16. The molecule has 0 bridgehead atoms. The molecule has 0 fully saturated rings. The van der Waals surface area contributed by atoms with Crippen LogP contribution in [0.2, 0.25) is 5.02 Å². The van der Waals surface area contributed by atoms with Crippen molar-refractivity contribution in [3.63, 3.8) is 0 Å². The number of hydrogen-bond donors (Lipinski definition) is 1. The molecule has 6 heteroatoms. The Balaban J connectivity index is 2.62. The van der Waals surface area contributed by atoms with E-state index in [2.05, 4.69) is 14.7 Å². The molecule has 0 aliphatic rings. The zero-order valence-corrected chi connectivity index (χ0v) is 9.46. The molecular weight excluding hydrogens is 232 g/mol. The molecule has 0 saturated heterocycles. The lowest BCUT2D eigenvalue weighted by Gasteiger charge is -2.01. The van der Waals surface area contributed by atoms with Gasteiger partial charge in [0.25, 0.3) is 0 Å². The van der Waals surface area contributed by atoms with Crippen molar-refractivity contribution in [2.75, 3.05) is 14.2 Å². The number of carbonyl (C=O) groups is 1. The van der Waals surface area contributed by atoms with Crippen LogP contribution in [-0.4, -0.2) is 30.2 Å². The maximum Gasteiger partial charge on any atom is 0.374 e. The highest BCUT2D eigenvalue weighted by Gasteiger charge is 2.15. The molecule has 0 saturated carbocycles. The summed E-state index contributed by atoms with van der Waals surface area (Å²) in [4.78, 5) is 18.1. The minimum Gasteiger partial charge on any atom is -0.495 e. The highest BCUT2D eigenvalue weighted by atomic mass is 35.5. The van der Waals surface area contributed by atoms with Crippen molar-refractivity contribution in [3.05, 3.63) is 23.0 Å². The van der Waals surface area contributed by atoms with E-state index in [-0.39, 0.29) is 5.82 Å². The van der Waals surface area contributed by atoms with E-state index in [1.807, 2.05) is 0 Å². The number of aromatic nitrogens is 2. The summed E-state index contributed by atoms with van der Waals surface area (Å²) in [6.07, 6.45) is 0. The van der Waals surface area contributed by atoms with Gasteiger partial charge < -0.3 is 14.5 Å². The van der Waals surface area contributed by atoms with Crippen LogP contribution in [0, 0.1) is 0 Å². The van der Waals surface area contributed by atoms with Gasteiger partial charge in [0.05, 0.1) is 19.7 Å². The molecule has 0 aliphatic carbocycles. The number of esters is 1. The van der Waals surface area contributed by atoms with Crippen molar-refractivity contribution in [1.29, 1.82) is 0 Å². The zero-order chi connectivity index (χ0) is 11.7. The van der Waals surface area contributed by atoms with E-state index >= 15 is 0 Å². The number of ether oxygens (including phenoxy) is 2. The molecule has 5 nitrogen and oxygen atoms in total. The van der Waals surface area contributed by atoms with Gasteiger partial charge in [-0.25, -0.2) is 9.78 Å². The van der Waals surface area contributed by atoms with E-state index < -0.39 is 5.97 Å². The quantitative estimate of drug-likeness (QED) is 0.816. The topological polar surface area (TPSA) is 64.2 Å². The minimum absolute atomic E-state index is 0.118. The molecule has 16 heavy (non-hydrogen) atoms. The van der Waals surface area contributed by atoms with Gasteiger partial charge in [-0.1, -0.05) is 11.6 Å². The number of H-pyrrole nitrogens is 1. The summed E-state index contributed by atoms with van der Waals surface area (Å²) in [5.74, 6) is 0.0935. The van der Waals surface area contributed by atoms with Crippen LogP contribution in [0.25, 0.3) is 11.0 Å². The minimum atomic E-state index is -0.536. The van der Waals surface area contributed by atoms with Gasteiger partial charge in [-0.3, -0.25) is 0 Å². The zero-order valence-electron chi connectivity index (χ0n) is 8.70. The van der Waals surface area contributed by atoms with Crippen molar-refractivity contribution in [3.8, 4) is 5.75 Å². The van der Waals surface area contributed by atoms with Gasteiger partial charge in [0.2, 0.25) is 5.82 Å². The average Bonchev–Trinajstić information content (AvgIpc) is 2.73. The van der Waals surface area contributed by atoms with E-state index in [1.165, 1.54) is 14.2 Å². The van der Waals surface area contributed by atoms with Crippen LogP contribution < -0.4 is 4.74 Å². The predicted octanol–water partition coefficient (Wildman–Crippen LogP) is 2.01. The molecule has 1 aromatic heterocycles. The first-order valence-corrected chi connectivity index (χ1v) is 4.85. The second-order valence-corrected chi connectivity index (χ2v) is 3.43. The van der Waals surface area contributed by atoms with Gasteiger partial charge in [0.1, 0.15) is 16.3 Å². The van der Waals surface area contributed by atoms with E-state index in [4.69, 9.17) is 16.3 Å². The molecule has 0 spiro atoms. The number of nitrogens with zero attached hydrogens (tertiary/aromatic N) is 1. The lowest BCUT2D eigenvalue weighted by molar-refractivity contribution is 0.0588. The molecule has 84 valence electrons. The fraction of sp³-hybridized carbons (Fsp3) is 0.200. The summed E-state index contributed by atoms with van der Waals surface area (Å²) in [5.41, 5.74) is 1.15. The smallest absolute Gasteiger partial charge is 0.374 e. The van der Waals surface area contributed by atoms with Crippen LogP contribution >= 0.6 is 11.6 Å². The molecule has 0 aliphatic heterocycles. The molecule has 0 radical (unpaired) electrons. The summed E-state index contributed by atoms with van der Waals surface area (Å²) >= 11 is 6.04. The number of nitrogens with one attached hydrogen (secondary N) is 1. The number of methoxy groups -OCH3 is 2. The van der Waals surface area contributed by atoms with Gasteiger partial charge in [-0.15, -0.1) is 0 Å². The van der Waals surface area contributed by atoms with Crippen LogP contribution in [0.5, 0.6) is 5.75 Å². The number of rotatable bonds is 2. The second kappa shape index (κ2) is 4.02. The summed E-state index contributed by atoms with van der Waals surface area (Å²) in [6.45, 7) is 0. The van der Waals surface area contributed by atoms with Gasteiger partial charge in [-0.2, -0.15) is 0 Å². The number of halogens is 1. The van der Waals surface area contributed by atoms with Crippen molar-refractivity contribution in [1.82, 2.24) is 9.97 Å². The summed E-state index contributed by atoms with van der Waals surface area (Å²) in [5, 5.41) is 0.367. The SMILES string of the molecule is COC(=O)c1nc2c(Cl)c(OC)ccc2[nH]1. The lowest BCUT2D eigenvalue weighted by atomic mass is 10.3. The Morgan fingerprint density at radius 1 is 1.44 bits per heavy atom. The predicted molar refractivity (Wildman–Crippen MR) is 59.0 cm³/mol. The van der Waals surface area contributed by atoms with Crippen molar-refractivity contribution < 1.29 is 14.3 Å². The maximum atomic E-state index is 11.3. The Labute approximate surface area is 96.3 Å². The van der Waals surface area contributed by atoms with Gasteiger partial charge >= 0.3 is 5.97 Å². The molecule has 2 aromatic rings. The van der Waals surface area contributed by atoms with Crippen LogP contribution in [0.4, 0.5) is 0 Å². The summed E-state index contributed by atoms with van der Waals surface area (Å²) < 4.78 is 9.60. The second-order valence-electron chi connectivity index (χ2n) is 3.05. The van der Waals surface area contributed by atoms with Gasteiger partial charge in [0.15, 0.2) is 0 Å². The maximum absolute atomic E-state index is 11.3. The molecular formula is C10H9ClN2O3. The van der Waals surface area contributed by atoms with E-state index in [0.29, 0.717) is 21.8 Å². The van der Waals surface area contributed by atoms with Crippen molar-refractivity contribution in [2.45, 2.75) is 0 Å². The molecule has 1 aromatic carbocycles. The van der Waals surface area contributed by atoms with E-state index in [1.54, 1.807) is 12.1 Å². The molecule has 1 heterocycles. The third kappa shape index (κ3) is 1.59. The van der Waals surface area contributed by atoms with Crippen molar-refractivity contribution >= 4 is 28.6 Å². The Morgan fingerprint density at radius 2 is 2.19 bits per heavy atom. The first kappa shape index (κ1) is 10.8. The normalized spacial score (nSPS) is 10.4. The Bertz CT molecular complexity index is 550. The number of carbonyl (C=O) groups excluding carboxylic acids is 1. The Morgan fingerprint density at radius 3 is 2.81 bits per heavy atom. The Hall–Kier alpha value is -1.75. The highest BCUT2D eigenvalue weighted by Crippen LogP contribution is 2.31. The number of fused-ring (bicyclic) bond motifs is 1. The largest absolute Gasteiger partial charge is 0.495 e. The van der Waals surface area contributed by atoms with Crippen LogP contribution in [0.3, 0.4) is 0 Å². The summed E-state index contributed by atoms with van der Waals surface area (Å²) in [6, 6.07) is 3.43. The number of aromatic amines is 1. The number of benzene rings is 1. The van der Waals surface area contributed by atoms with Crippen molar-refractivity contribution in [2.24, 2.45) is 0 Å². The number of hydrogen-bond acceptors (Lipinski definition) is 4. The molecule has 0 atom stereocenters. The average molecular weight is 241 g/mol. The van der Waals surface area contributed by atoms with Crippen LogP contribution in [0.1, 0.15) is 10.6 Å².